The van der Waals surface area contributed by atoms with Gasteiger partial charge in [0.2, 0.25) is 5.91 Å². The van der Waals surface area contributed by atoms with Crippen LogP contribution in [0.1, 0.15) is 18.2 Å². The van der Waals surface area contributed by atoms with Crippen molar-refractivity contribution in [2.45, 2.75) is 25.4 Å². The maximum absolute atomic E-state index is 12.6. The monoisotopic (exact) mass is 493 g/mol. The second-order valence-electron chi connectivity index (χ2n) is 7.31. The third kappa shape index (κ3) is 5.89. The SMILES string of the molecule is CCOC(=O)Cc1csc(NC(=O)CSc2nnc(-c3ccccc3)n2-c2ccc(C)cc2)n1. The number of anilines is 1. The molecule has 0 saturated heterocycles. The zero-order valence-corrected chi connectivity index (χ0v) is 20.4. The van der Waals surface area contributed by atoms with Gasteiger partial charge in [-0.1, -0.05) is 59.8 Å². The summed E-state index contributed by atoms with van der Waals surface area (Å²) in [6, 6.07) is 17.9. The molecule has 0 saturated carbocycles. The number of thioether (sulfide) groups is 1. The smallest absolute Gasteiger partial charge is 0.311 e. The number of thiazole rings is 1. The molecule has 8 nitrogen and oxygen atoms in total. The second-order valence-corrected chi connectivity index (χ2v) is 9.11. The van der Waals surface area contributed by atoms with Crippen LogP contribution in [0.3, 0.4) is 0 Å². The maximum atomic E-state index is 12.6. The van der Waals surface area contributed by atoms with Gasteiger partial charge in [0.05, 0.1) is 24.5 Å². The summed E-state index contributed by atoms with van der Waals surface area (Å²) in [5, 5.41) is 14.3. The lowest BCUT2D eigenvalue weighted by molar-refractivity contribution is -0.142. The Morgan fingerprint density at radius 1 is 1.09 bits per heavy atom. The van der Waals surface area contributed by atoms with Gasteiger partial charge in [-0.05, 0) is 26.0 Å². The summed E-state index contributed by atoms with van der Waals surface area (Å²) in [5.74, 6) is 0.273. The summed E-state index contributed by atoms with van der Waals surface area (Å²) < 4.78 is 6.88. The molecule has 0 fully saturated rings. The van der Waals surface area contributed by atoms with Gasteiger partial charge in [0.15, 0.2) is 16.1 Å². The van der Waals surface area contributed by atoms with E-state index in [2.05, 4.69) is 20.5 Å². The van der Waals surface area contributed by atoms with Crippen molar-refractivity contribution >= 4 is 40.1 Å². The highest BCUT2D eigenvalue weighted by molar-refractivity contribution is 7.99. The molecule has 0 bridgehead atoms. The molecule has 2 aromatic carbocycles. The summed E-state index contributed by atoms with van der Waals surface area (Å²) in [5.41, 5.74) is 3.57. The van der Waals surface area contributed by atoms with E-state index >= 15 is 0 Å². The van der Waals surface area contributed by atoms with Gasteiger partial charge in [-0.15, -0.1) is 21.5 Å². The number of aromatic nitrogens is 4. The van der Waals surface area contributed by atoms with Crippen LogP contribution in [0, 0.1) is 6.92 Å². The van der Waals surface area contributed by atoms with Gasteiger partial charge in [0.25, 0.3) is 0 Å². The minimum atomic E-state index is -0.342. The van der Waals surface area contributed by atoms with Crippen molar-refractivity contribution in [3.05, 3.63) is 71.2 Å². The highest BCUT2D eigenvalue weighted by atomic mass is 32.2. The number of nitrogens with one attached hydrogen (secondary N) is 1. The number of nitrogens with zero attached hydrogens (tertiary/aromatic N) is 4. The van der Waals surface area contributed by atoms with Gasteiger partial charge < -0.3 is 10.1 Å². The number of hydrogen-bond donors (Lipinski definition) is 1. The average molecular weight is 494 g/mol. The van der Waals surface area contributed by atoms with E-state index in [1.807, 2.05) is 66.1 Å². The summed E-state index contributed by atoms with van der Waals surface area (Å²) in [7, 11) is 0. The van der Waals surface area contributed by atoms with E-state index in [0.29, 0.717) is 28.4 Å². The summed E-state index contributed by atoms with van der Waals surface area (Å²) in [6.07, 6.45) is 0.0802. The fourth-order valence-corrected chi connectivity index (χ4v) is 4.63. The van der Waals surface area contributed by atoms with Gasteiger partial charge in [-0.2, -0.15) is 0 Å². The largest absolute Gasteiger partial charge is 0.466 e. The highest BCUT2D eigenvalue weighted by Gasteiger charge is 2.18. The number of hydrogen-bond acceptors (Lipinski definition) is 8. The molecule has 4 aromatic rings. The van der Waals surface area contributed by atoms with Crippen LogP contribution in [0.5, 0.6) is 0 Å². The first-order valence-electron chi connectivity index (χ1n) is 10.6. The fourth-order valence-electron chi connectivity index (χ4n) is 3.16. The van der Waals surface area contributed by atoms with E-state index in [9.17, 15) is 9.59 Å². The molecular formula is C24H23N5O3S2. The second kappa shape index (κ2) is 11.1. The predicted molar refractivity (Wildman–Crippen MR) is 133 cm³/mol. The first-order valence-corrected chi connectivity index (χ1v) is 12.5. The molecule has 4 rings (SSSR count). The van der Waals surface area contributed by atoms with Crippen LogP contribution >= 0.6 is 23.1 Å². The summed E-state index contributed by atoms with van der Waals surface area (Å²) in [4.78, 5) is 28.5. The van der Waals surface area contributed by atoms with E-state index in [1.165, 1.54) is 23.1 Å². The zero-order valence-electron chi connectivity index (χ0n) is 18.7. The van der Waals surface area contributed by atoms with E-state index in [0.717, 1.165) is 16.8 Å². The molecule has 0 spiro atoms. The zero-order chi connectivity index (χ0) is 23.9. The Kier molecular flexibility index (Phi) is 7.71. The third-order valence-electron chi connectivity index (χ3n) is 4.72. The number of esters is 1. The molecule has 0 aliphatic carbocycles. The molecule has 1 amide bonds. The Morgan fingerprint density at radius 2 is 1.85 bits per heavy atom. The highest BCUT2D eigenvalue weighted by Crippen LogP contribution is 2.28. The number of carbonyl (C=O) groups excluding carboxylic acids is 2. The lowest BCUT2D eigenvalue weighted by atomic mass is 10.2. The van der Waals surface area contributed by atoms with E-state index < -0.39 is 0 Å². The first kappa shape index (κ1) is 23.7. The predicted octanol–water partition coefficient (Wildman–Crippen LogP) is 4.54. The molecular weight excluding hydrogens is 470 g/mol. The number of aryl methyl sites for hydroxylation is 1. The van der Waals surface area contributed by atoms with Crippen molar-refractivity contribution < 1.29 is 14.3 Å². The van der Waals surface area contributed by atoms with Gasteiger partial charge in [0.1, 0.15) is 0 Å². The average Bonchev–Trinajstić information content (AvgIpc) is 3.46. The minimum absolute atomic E-state index is 0.0802. The Bertz CT molecular complexity index is 1270. The first-order chi connectivity index (χ1) is 16.5. The Labute approximate surface area is 205 Å². The molecule has 2 heterocycles. The minimum Gasteiger partial charge on any atom is -0.466 e. The van der Waals surface area contributed by atoms with E-state index in [4.69, 9.17) is 4.74 Å². The van der Waals surface area contributed by atoms with Crippen LogP contribution in [0.25, 0.3) is 17.1 Å². The fraction of sp³-hybridized carbons (Fsp3) is 0.208. The Hall–Kier alpha value is -3.50. The number of rotatable bonds is 9. The summed E-state index contributed by atoms with van der Waals surface area (Å²) in [6.45, 7) is 4.11. The normalized spacial score (nSPS) is 10.8. The lowest BCUT2D eigenvalue weighted by Gasteiger charge is -2.10. The maximum Gasteiger partial charge on any atom is 0.311 e. The molecule has 34 heavy (non-hydrogen) atoms. The van der Waals surface area contributed by atoms with Gasteiger partial charge in [-0.3, -0.25) is 14.2 Å². The molecule has 174 valence electrons. The standard InChI is InChI=1S/C24H23N5O3S2/c1-3-32-21(31)13-18-14-33-23(25-18)26-20(30)15-34-24-28-27-22(17-7-5-4-6-8-17)29(24)19-11-9-16(2)10-12-19/h4-12,14H,3,13,15H2,1-2H3,(H,25,26,30). The van der Waals surface area contributed by atoms with Crippen molar-refractivity contribution in [3.8, 4) is 17.1 Å². The van der Waals surface area contributed by atoms with Crippen molar-refractivity contribution in [1.82, 2.24) is 19.7 Å². The van der Waals surface area contributed by atoms with Crippen LogP contribution in [0.2, 0.25) is 0 Å². The number of benzene rings is 2. The third-order valence-corrected chi connectivity index (χ3v) is 6.45. The molecule has 0 unspecified atom stereocenters. The van der Waals surface area contributed by atoms with Crippen molar-refractivity contribution in [2.24, 2.45) is 0 Å². The molecule has 1 N–H and O–H groups in total. The van der Waals surface area contributed by atoms with Crippen LogP contribution < -0.4 is 5.32 Å². The van der Waals surface area contributed by atoms with Crippen molar-refractivity contribution in [1.29, 1.82) is 0 Å². The van der Waals surface area contributed by atoms with Crippen LogP contribution in [-0.4, -0.2) is 44.0 Å². The molecule has 0 aliphatic rings. The van der Waals surface area contributed by atoms with Crippen LogP contribution in [-0.2, 0) is 20.7 Å². The topological polar surface area (TPSA) is 99.0 Å². The molecule has 2 aromatic heterocycles. The van der Waals surface area contributed by atoms with Gasteiger partial charge in [0, 0.05) is 16.6 Å². The molecule has 0 atom stereocenters. The van der Waals surface area contributed by atoms with Crippen molar-refractivity contribution in [3.63, 3.8) is 0 Å². The quantitative estimate of drug-likeness (QED) is 0.270. The summed E-state index contributed by atoms with van der Waals surface area (Å²) >= 11 is 2.56. The van der Waals surface area contributed by atoms with E-state index in [-0.39, 0.29) is 24.1 Å². The van der Waals surface area contributed by atoms with Crippen LogP contribution in [0.4, 0.5) is 5.13 Å². The molecule has 10 heteroatoms. The van der Waals surface area contributed by atoms with Gasteiger partial charge in [-0.25, -0.2) is 4.98 Å². The van der Waals surface area contributed by atoms with E-state index in [1.54, 1.807) is 12.3 Å². The lowest BCUT2D eigenvalue weighted by Crippen LogP contribution is -2.15. The molecule has 0 aliphatic heterocycles. The van der Waals surface area contributed by atoms with Crippen LogP contribution in [0.15, 0.2) is 65.1 Å². The number of amides is 1. The molecule has 0 radical (unpaired) electrons. The number of carbonyl (C=O) groups is 2. The Morgan fingerprint density at radius 3 is 2.59 bits per heavy atom. The van der Waals surface area contributed by atoms with Crippen molar-refractivity contribution in [2.75, 3.05) is 17.7 Å². The van der Waals surface area contributed by atoms with Gasteiger partial charge >= 0.3 is 5.97 Å². The number of ether oxygens (including phenoxy) is 1. The Balaban J connectivity index is 1.47.